The van der Waals surface area contributed by atoms with Crippen LogP contribution in [0.25, 0.3) is 11.1 Å². The number of H-pyrrole nitrogens is 1. The molecule has 1 unspecified atom stereocenters. The summed E-state index contributed by atoms with van der Waals surface area (Å²) in [6.07, 6.45) is 6.60. The van der Waals surface area contributed by atoms with E-state index in [2.05, 4.69) is 28.4 Å². The molecule has 0 bridgehead atoms. The zero-order chi connectivity index (χ0) is 20.5. The van der Waals surface area contributed by atoms with Crippen LogP contribution in [0.5, 0.6) is 5.75 Å². The molecular weight excluding hydrogens is 410 g/mol. The average Bonchev–Trinajstić information content (AvgIpc) is 3.42. The zero-order valence-corrected chi connectivity index (χ0v) is 18.5. The molecule has 1 amide bonds. The molecular formula is C24H27N3O3S. The summed E-state index contributed by atoms with van der Waals surface area (Å²) in [5.41, 5.74) is 4.92. The lowest BCUT2D eigenvalue weighted by Gasteiger charge is -2.33. The van der Waals surface area contributed by atoms with Crippen LogP contribution < -0.4 is 4.74 Å². The van der Waals surface area contributed by atoms with Crippen molar-refractivity contribution in [1.82, 2.24) is 15.1 Å². The third-order valence-corrected chi connectivity index (χ3v) is 6.15. The number of rotatable bonds is 3. The summed E-state index contributed by atoms with van der Waals surface area (Å²) in [6, 6.07) is 14.1. The molecule has 0 saturated carbocycles. The molecule has 1 fully saturated rings. The smallest absolute Gasteiger partial charge is 0.255 e. The van der Waals surface area contributed by atoms with Crippen molar-refractivity contribution in [2.24, 2.45) is 0 Å². The summed E-state index contributed by atoms with van der Waals surface area (Å²) < 4.78 is 11.4. The topological polar surface area (TPSA) is 67.5 Å². The highest BCUT2D eigenvalue weighted by Crippen LogP contribution is 2.44. The molecule has 2 atom stereocenters. The Balaban J connectivity index is 0.00000231. The van der Waals surface area contributed by atoms with Crippen LogP contribution in [-0.4, -0.2) is 41.3 Å². The van der Waals surface area contributed by atoms with Gasteiger partial charge in [-0.2, -0.15) is 18.6 Å². The molecule has 0 radical (unpaired) electrons. The highest BCUT2D eigenvalue weighted by molar-refractivity contribution is 7.59. The van der Waals surface area contributed by atoms with E-state index in [0.717, 1.165) is 59.4 Å². The average molecular weight is 438 g/mol. The lowest BCUT2D eigenvalue weighted by atomic mass is 9.96. The first-order valence-electron chi connectivity index (χ1n) is 10.4. The molecule has 1 saturated heterocycles. The highest BCUT2D eigenvalue weighted by atomic mass is 32.1. The minimum Gasteiger partial charge on any atom is -0.497 e. The van der Waals surface area contributed by atoms with E-state index in [1.807, 2.05) is 35.4 Å². The van der Waals surface area contributed by atoms with Gasteiger partial charge in [-0.05, 0) is 54.2 Å². The summed E-state index contributed by atoms with van der Waals surface area (Å²) in [5.74, 6) is 0.856. The normalized spacial score (nSPS) is 20.7. The second-order valence-electron chi connectivity index (χ2n) is 7.88. The Morgan fingerprint density at radius 1 is 1.13 bits per heavy atom. The molecule has 3 aromatic rings. The quantitative estimate of drug-likeness (QED) is 0.648. The maximum Gasteiger partial charge on any atom is 0.255 e. The second kappa shape index (κ2) is 9.16. The van der Waals surface area contributed by atoms with E-state index in [-0.39, 0.29) is 31.5 Å². The minimum atomic E-state index is -0.152. The summed E-state index contributed by atoms with van der Waals surface area (Å²) >= 11 is 0. The van der Waals surface area contributed by atoms with Crippen molar-refractivity contribution in [2.45, 2.75) is 31.3 Å². The van der Waals surface area contributed by atoms with Crippen molar-refractivity contribution in [3.8, 4) is 16.9 Å². The Kier molecular flexibility index (Phi) is 6.34. The van der Waals surface area contributed by atoms with Gasteiger partial charge in [0.1, 0.15) is 5.75 Å². The molecule has 0 aliphatic carbocycles. The maximum absolute atomic E-state index is 13.7. The molecule has 6 nitrogen and oxygen atoms in total. The van der Waals surface area contributed by atoms with Crippen LogP contribution in [0.2, 0.25) is 0 Å². The Morgan fingerprint density at radius 3 is 2.84 bits per heavy atom. The van der Waals surface area contributed by atoms with Crippen molar-refractivity contribution in [3.63, 3.8) is 0 Å². The fourth-order valence-electron chi connectivity index (χ4n) is 4.63. The molecule has 2 aromatic carbocycles. The monoisotopic (exact) mass is 437 g/mol. The van der Waals surface area contributed by atoms with Crippen LogP contribution >= 0.6 is 13.5 Å². The second-order valence-corrected chi connectivity index (χ2v) is 7.88. The number of ether oxygens (including phenoxy) is 2. The third-order valence-electron chi connectivity index (χ3n) is 6.15. The summed E-state index contributed by atoms with van der Waals surface area (Å²) in [4.78, 5) is 15.7. The highest BCUT2D eigenvalue weighted by Gasteiger charge is 2.41. The summed E-state index contributed by atoms with van der Waals surface area (Å²) in [5, 5.41) is 6.88. The first-order chi connectivity index (χ1) is 14.8. The predicted molar refractivity (Wildman–Crippen MR) is 124 cm³/mol. The SMILES string of the molecule is COc1cccc([C@H]2COCCCCC3c4ccc(-c5cn[nH]c5)cc4C(=O)N32)c1.S. The predicted octanol–water partition coefficient (Wildman–Crippen LogP) is 4.64. The lowest BCUT2D eigenvalue weighted by molar-refractivity contribution is 0.0385. The molecule has 7 heteroatoms. The Hall–Kier alpha value is -2.77. The van der Waals surface area contributed by atoms with E-state index in [9.17, 15) is 4.79 Å². The fraction of sp³-hybridized carbons (Fsp3) is 0.333. The number of hydrogen-bond donors (Lipinski definition) is 1. The van der Waals surface area contributed by atoms with Gasteiger partial charge in [0.15, 0.2) is 0 Å². The van der Waals surface area contributed by atoms with E-state index in [4.69, 9.17) is 9.47 Å². The van der Waals surface area contributed by atoms with Gasteiger partial charge >= 0.3 is 0 Å². The molecule has 5 rings (SSSR count). The van der Waals surface area contributed by atoms with E-state index in [1.165, 1.54) is 0 Å². The first-order valence-corrected chi connectivity index (χ1v) is 10.4. The fourth-order valence-corrected chi connectivity index (χ4v) is 4.63. The van der Waals surface area contributed by atoms with Gasteiger partial charge in [0, 0.05) is 23.9 Å². The zero-order valence-electron chi connectivity index (χ0n) is 17.5. The molecule has 1 N–H and O–H groups in total. The number of benzene rings is 2. The van der Waals surface area contributed by atoms with E-state index >= 15 is 0 Å². The van der Waals surface area contributed by atoms with Gasteiger partial charge in [-0.3, -0.25) is 9.89 Å². The van der Waals surface area contributed by atoms with Gasteiger partial charge < -0.3 is 14.4 Å². The van der Waals surface area contributed by atoms with Crippen molar-refractivity contribution < 1.29 is 14.3 Å². The number of methoxy groups -OCH3 is 1. The number of nitrogens with zero attached hydrogens (tertiary/aromatic N) is 2. The van der Waals surface area contributed by atoms with Crippen molar-refractivity contribution in [2.75, 3.05) is 20.3 Å². The molecule has 162 valence electrons. The molecule has 3 heterocycles. The standard InChI is InChI=1S/C24H25N3O3.H2S/c1-29-19-6-4-5-17(11-19)23-15-30-10-3-2-7-22-20-9-8-16(18-13-25-26-14-18)12-21(20)24(28)27(22)23;/h4-6,8-9,11-14,22-23H,2-3,7,10,15H2,1H3,(H,25,26);1H2/t22?,23-;/m1./s1. The number of nitrogens with one attached hydrogen (secondary N) is 1. The molecule has 1 aromatic heterocycles. The lowest BCUT2D eigenvalue weighted by Crippen LogP contribution is -2.35. The maximum atomic E-state index is 13.7. The molecule has 2 aliphatic heterocycles. The van der Waals surface area contributed by atoms with Gasteiger partial charge in [-0.1, -0.05) is 24.3 Å². The van der Waals surface area contributed by atoms with E-state index < -0.39 is 0 Å². The number of aromatic nitrogens is 2. The van der Waals surface area contributed by atoms with E-state index in [1.54, 1.807) is 13.3 Å². The van der Waals surface area contributed by atoms with Crippen LogP contribution in [0.3, 0.4) is 0 Å². The van der Waals surface area contributed by atoms with Crippen LogP contribution in [0, 0.1) is 0 Å². The number of carbonyl (C=O) groups excluding carboxylic acids is 1. The van der Waals surface area contributed by atoms with Gasteiger partial charge in [0.2, 0.25) is 0 Å². The van der Waals surface area contributed by atoms with Gasteiger partial charge in [-0.15, -0.1) is 0 Å². The van der Waals surface area contributed by atoms with Crippen LogP contribution in [0.4, 0.5) is 0 Å². The number of amides is 1. The number of carbonyl (C=O) groups is 1. The van der Waals surface area contributed by atoms with E-state index in [0.29, 0.717) is 6.61 Å². The molecule has 31 heavy (non-hydrogen) atoms. The van der Waals surface area contributed by atoms with Crippen molar-refractivity contribution in [1.29, 1.82) is 0 Å². The van der Waals surface area contributed by atoms with Gasteiger partial charge in [0.25, 0.3) is 5.91 Å². The minimum absolute atomic E-state index is 0. The van der Waals surface area contributed by atoms with Crippen LogP contribution in [0.15, 0.2) is 54.9 Å². The van der Waals surface area contributed by atoms with Gasteiger partial charge in [0.05, 0.1) is 32.0 Å². The molecule has 0 spiro atoms. The number of fused-ring (bicyclic) bond motifs is 3. The Labute approximate surface area is 189 Å². The number of hydrogen-bond acceptors (Lipinski definition) is 4. The summed E-state index contributed by atoms with van der Waals surface area (Å²) in [6.45, 7) is 1.21. The first kappa shape index (κ1) is 21.5. The molecule has 2 aliphatic rings. The summed E-state index contributed by atoms with van der Waals surface area (Å²) in [7, 11) is 1.66. The Bertz CT molecular complexity index is 1050. The number of aromatic amines is 1. The Morgan fingerprint density at radius 2 is 2.03 bits per heavy atom. The van der Waals surface area contributed by atoms with Gasteiger partial charge in [-0.25, -0.2) is 0 Å². The van der Waals surface area contributed by atoms with Crippen molar-refractivity contribution >= 4 is 19.4 Å². The van der Waals surface area contributed by atoms with Crippen molar-refractivity contribution in [3.05, 3.63) is 71.5 Å². The van der Waals surface area contributed by atoms with Crippen LogP contribution in [0.1, 0.15) is 52.8 Å². The van der Waals surface area contributed by atoms with Crippen LogP contribution in [-0.2, 0) is 4.74 Å². The third kappa shape index (κ3) is 3.95. The largest absolute Gasteiger partial charge is 0.497 e.